The van der Waals surface area contributed by atoms with Crippen LogP contribution < -0.4 is 5.32 Å². The molecule has 0 unspecified atom stereocenters. The lowest BCUT2D eigenvalue weighted by atomic mass is 10.1. The normalized spacial score (nSPS) is 21.1. The summed E-state index contributed by atoms with van der Waals surface area (Å²) < 4.78 is 22.8. The first-order chi connectivity index (χ1) is 7.26. The Hall–Kier alpha value is -1.07. The Morgan fingerprint density at radius 3 is 2.56 bits per heavy atom. The van der Waals surface area contributed by atoms with E-state index in [1.54, 1.807) is 0 Å². The molecule has 1 amide bonds. The van der Waals surface area contributed by atoms with Crippen molar-refractivity contribution in [2.45, 2.75) is 23.5 Å². The zero-order chi connectivity index (χ0) is 12.1. The van der Waals surface area contributed by atoms with E-state index in [0.717, 1.165) is 0 Å². The Labute approximate surface area is 98.5 Å². The van der Waals surface area contributed by atoms with Gasteiger partial charge in [0.25, 0.3) is 0 Å². The third-order valence-corrected chi connectivity index (χ3v) is 5.40. The number of nitrogens with one attached hydrogen (secondary N) is 1. The highest BCUT2D eigenvalue weighted by Crippen LogP contribution is 2.37. The van der Waals surface area contributed by atoms with Crippen LogP contribution in [0.1, 0.15) is 13.8 Å². The van der Waals surface area contributed by atoms with E-state index in [9.17, 15) is 13.2 Å². The fourth-order valence-electron chi connectivity index (χ4n) is 1.50. The first-order valence-corrected chi connectivity index (χ1v) is 6.48. The molecule has 1 aliphatic rings. The smallest absolute Gasteiger partial charge is 0.245 e. The van der Waals surface area contributed by atoms with Gasteiger partial charge in [-0.05, 0) is 32.0 Å². The number of rotatable bonds is 0. The van der Waals surface area contributed by atoms with Gasteiger partial charge in [0, 0.05) is 5.02 Å². The molecule has 0 fully saturated rings. The monoisotopic (exact) mass is 259 g/mol. The summed E-state index contributed by atoms with van der Waals surface area (Å²) in [5, 5.41) is 2.93. The number of hydrogen-bond acceptors (Lipinski definition) is 3. The van der Waals surface area contributed by atoms with Gasteiger partial charge in [0.2, 0.25) is 5.91 Å². The summed E-state index contributed by atoms with van der Waals surface area (Å²) in [6.07, 6.45) is 0. The Balaban J connectivity index is 2.78. The molecule has 0 radical (unpaired) electrons. The van der Waals surface area contributed by atoms with Crippen molar-refractivity contribution in [2.75, 3.05) is 5.32 Å². The van der Waals surface area contributed by atoms with Gasteiger partial charge in [-0.15, -0.1) is 0 Å². The van der Waals surface area contributed by atoms with Crippen molar-refractivity contribution in [3.8, 4) is 0 Å². The zero-order valence-electron chi connectivity index (χ0n) is 8.74. The highest BCUT2D eigenvalue weighted by atomic mass is 35.5. The van der Waals surface area contributed by atoms with Gasteiger partial charge < -0.3 is 5.32 Å². The lowest BCUT2D eigenvalue weighted by molar-refractivity contribution is -0.118. The van der Waals surface area contributed by atoms with Crippen LogP contribution in [0.3, 0.4) is 0 Å². The Kier molecular flexibility index (Phi) is 2.29. The van der Waals surface area contributed by atoms with E-state index >= 15 is 0 Å². The maximum atomic E-state index is 12.1. The molecule has 1 aliphatic heterocycles. The molecular weight excluding hydrogens is 250 g/mol. The fraction of sp³-hybridized carbons (Fsp3) is 0.300. The van der Waals surface area contributed by atoms with Gasteiger partial charge in [-0.1, -0.05) is 11.6 Å². The number of fused-ring (bicyclic) bond motifs is 1. The van der Waals surface area contributed by atoms with Crippen molar-refractivity contribution < 1.29 is 13.2 Å². The summed E-state index contributed by atoms with van der Waals surface area (Å²) >= 11 is 5.74. The summed E-state index contributed by atoms with van der Waals surface area (Å²) in [6.45, 7) is 2.77. The Morgan fingerprint density at radius 2 is 1.94 bits per heavy atom. The van der Waals surface area contributed by atoms with E-state index in [-0.39, 0.29) is 10.6 Å². The Bertz CT molecular complexity index is 578. The number of sulfone groups is 1. The van der Waals surface area contributed by atoms with Crippen LogP contribution in [0.25, 0.3) is 0 Å². The second-order valence-corrected chi connectivity index (χ2v) is 7.01. The highest BCUT2D eigenvalue weighted by Gasteiger charge is 2.47. The quantitative estimate of drug-likeness (QED) is 0.773. The summed E-state index contributed by atoms with van der Waals surface area (Å²) in [6, 6.07) is 4.33. The number of anilines is 1. The molecule has 86 valence electrons. The molecule has 1 N–H and O–H groups in total. The first kappa shape index (κ1) is 11.4. The second kappa shape index (κ2) is 3.21. The van der Waals surface area contributed by atoms with Gasteiger partial charge >= 0.3 is 0 Å². The van der Waals surface area contributed by atoms with Gasteiger partial charge in [-0.25, -0.2) is 8.42 Å². The molecule has 1 aromatic carbocycles. The maximum Gasteiger partial charge on any atom is 0.245 e. The van der Waals surface area contributed by atoms with Gasteiger partial charge in [0.15, 0.2) is 9.84 Å². The van der Waals surface area contributed by atoms with Crippen LogP contribution in [0.4, 0.5) is 5.69 Å². The zero-order valence-corrected chi connectivity index (χ0v) is 10.3. The first-order valence-electron chi connectivity index (χ1n) is 4.62. The minimum atomic E-state index is -3.66. The molecule has 0 atom stereocenters. The van der Waals surface area contributed by atoms with Crippen LogP contribution in [0.5, 0.6) is 0 Å². The van der Waals surface area contributed by atoms with Gasteiger partial charge in [0.1, 0.15) is 4.75 Å². The molecule has 0 spiro atoms. The predicted molar refractivity (Wildman–Crippen MR) is 61.3 cm³/mol. The number of amides is 1. The third kappa shape index (κ3) is 1.35. The van der Waals surface area contributed by atoms with Gasteiger partial charge in [-0.3, -0.25) is 4.79 Å². The van der Waals surface area contributed by atoms with Crippen LogP contribution in [-0.2, 0) is 14.6 Å². The molecule has 4 nitrogen and oxygen atoms in total. The molecule has 0 saturated heterocycles. The average molecular weight is 260 g/mol. The Morgan fingerprint density at radius 1 is 1.31 bits per heavy atom. The average Bonchev–Trinajstić information content (AvgIpc) is 2.15. The van der Waals surface area contributed by atoms with E-state index < -0.39 is 20.5 Å². The van der Waals surface area contributed by atoms with Crippen molar-refractivity contribution >= 4 is 33.0 Å². The highest BCUT2D eigenvalue weighted by molar-refractivity contribution is 7.94. The largest absolute Gasteiger partial charge is 0.323 e. The molecule has 1 heterocycles. The van der Waals surface area contributed by atoms with Crippen LogP contribution >= 0.6 is 11.6 Å². The molecule has 0 bridgehead atoms. The molecule has 0 aromatic heterocycles. The molecule has 2 rings (SSSR count). The van der Waals surface area contributed by atoms with Crippen molar-refractivity contribution in [3.63, 3.8) is 0 Å². The minimum Gasteiger partial charge on any atom is -0.323 e. The summed E-state index contributed by atoms with van der Waals surface area (Å²) in [5.41, 5.74) is 0.247. The summed E-state index contributed by atoms with van der Waals surface area (Å²) in [7, 11) is -3.66. The number of carbonyl (C=O) groups excluding carboxylic acids is 1. The van der Waals surface area contributed by atoms with E-state index in [1.165, 1.54) is 32.0 Å². The third-order valence-electron chi connectivity index (χ3n) is 2.70. The van der Waals surface area contributed by atoms with Crippen molar-refractivity contribution in [2.24, 2.45) is 0 Å². The number of hydrogen-bond donors (Lipinski definition) is 1. The SMILES string of the molecule is CC1(C)C(=O)Nc2cc(Cl)ccc2S1(=O)=O. The number of halogens is 1. The van der Waals surface area contributed by atoms with Crippen LogP contribution in [0, 0.1) is 0 Å². The minimum absolute atomic E-state index is 0.113. The topological polar surface area (TPSA) is 63.2 Å². The van der Waals surface area contributed by atoms with Crippen molar-refractivity contribution in [1.82, 2.24) is 0 Å². The molecule has 0 saturated carbocycles. The van der Waals surface area contributed by atoms with Crippen LogP contribution in [0.2, 0.25) is 5.02 Å². The fourth-order valence-corrected chi connectivity index (χ4v) is 3.17. The lowest BCUT2D eigenvalue weighted by Gasteiger charge is -2.30. The summed E-state index contributed by atoms with van der Waals surface area (Å²) in [4.78, 5) is 11.8. The van der Waals surface area contributed by atoms with E-state index in [4.69, 9.17) is 11.6 Å². The standard InChI is InChI=1S/C10H10ClNO3S/c1-10(2)9(13)12-7-5-6(11)3-4-8(7)16(10,14)15/h3-5H,1-2H3,(H,12,13). The maximum absolute atomic E-state index is 12.1. The number of carbonyl (C=O) groups is 1. The van der Waals surface area contributed by atoms with Crippen LogP contribution in [0.15, 0.2) is 23.1 Å². The van der Waals surface area contributed by atoms with E-state index in [1.807, 2.05) is 0 Å². The van der Waals surface area contributed by atoms with Crippen LogP contribution in [-0.4, -0.2) is 19.1 Å². The summed E-state index contributed by atoms with van der Waals surface area (Å²) in [5.74, 6) is -0.540. The van der Waals surface area contributed by atoms with Crippen molar-refractivity contribution in [1.29, 1.82) is 0 Å². The molecule has 0 aliphatic carbocycles. The lowest BCUT2D eigenvalue weighted by Crippen LogP contribution is -2.48. The molecular formula is C10H10ClNO3S. The van der Waals surface area contributed by atoms with Crippen molar-refractivity contribution in [3.05, 3.63) is 23.2 Å². The number of benzene rings is 1. The van der Waals surface area contributed by atoms with Gasteiger partial charge in [-0.2, -0.15) is 0 Å². The molecule has 1 aromatic rings. The van der Waals surface area contributed by atoms with E-state index in [2.05, 4.69) is 5.32 Å². The molecule has 6 heteroatoms. The predicted octanol–water partition coefficient (Wildman–Crippen LogP) is 1.84. The second-order valence-electron chi connectivity index (χ2n) is 4.11. The van der Waals surface area contributed by atoms with Gasteiger partial charge in [0.05, 0.1) is 10.6 Å². The molecule has 16 heavy (non-hydrogen) atoms. The van der Waals surface area contributed by atoms with E-state index in [0.29, 0.717) is 5.02 Å².